The second-order valence-corrected chi connectivity index (χ2v) is 7.78. The fourth-order valence-electron chi connectivity index (χ4n) is 3.87. The van der Waals surface area contributed by atoms with Gasteiger partial charge in [-0.25, -0.2) is 4.79 Å². The Hall–Kier alpha value is -4.20. The van der Waals surface area contributed by atoms with E-state index in [2.05, 4.69) is 16.0 Å². The molecular formula is C24H22N4O4. The molecule has 3 aromatic carbocycles. The summed E-state index contributed by atoms with van der Waals surface area (Å²) in [4.78, 5) is 50.4. The number of carbonyl (C=O) groups is 4. The maximum Gasteiger partial charge on any atom is 0.325 e. The van der Waals surface area contributed by atoms with Gasteiger partial charge in [0.25, 0.3) is 5.91 Å². The summed E-state index contributed by atoms with van der Waals surface area (Å²) in [5, 5.41) is 9.86. The first-order valence-electron chi connectivity index (χ1n) is 10.1. The van der Waals surface area contributed by atoms with Crippen LogP contribution in [-0.4, -0.2) is 35.2 Å². The number of rotatable bonds is 5. The predicted molar refractivity (Wildman–Crippen MR) is 121 cm³/mol. The fourth-order valence-corrected chi connectivity index (χ4v) is 3.87. The van der Waals surface area contributed by atoms with Crippen molar-refractivity contribution < 1.29 is 19.2 Å². The summed E-state index contributed by atoms with van der Waals surface area (Å²) < 4.78 is 0. The summed E-state index contributed by atoms with van der Waals surface area (Å²) in [5.41, 5.74) is 0.465. The monoisotopic (exact) mass is 430 g/mol. The number of nitrogens with zero attached hydrogens (tertiary/aromatic N) is 1. The predicted octanol–water partition coefficient (Wildman–Crippen LogP) is 3.20. The van der Waals surface area contributed by atoms with E-state index in [4.69, 9.17) is 0 Å². The molecule has 1 fully saturated rings. The van der Waals surface area contributed by atoms with E-state index < -0.39 is 29.9 Å². The number of anilines is 2. The van der Waals surface area contributed by atoms with Crippen molar-refractivity contribution in [3.63, 3.8) is 0 Å². The van der Waals surface area contributed by atoms with E-state index >= 15 is 0 Å². The zero-order valence-corrected chi connectivity index (χ0v) is 17.6. The second-order valence-electron chi connectivity index (χ2n) is 7.78. The van der Waals surface area contributed by atoms with E-state index in [1.54, 1.807) is 37.3 Å². The van der Waals surface area contributed by atoms with Crippen LogP contribution < -0.4 is 16.0 Å². The largest absolute Gasteiger partial charge is 0.326 e. The molecule has 0 bridgehead atoms. The first kappa shape index (κ1) is 21.0. The van der Waals surface area contributed by atoms with Crippen molar-refractivity contribution in [2.75, 3.05) is 17.2 Å². The Morgan fingerprint density at radius 1 is 0.906 bits per heavy atom. The highest BCUT2D eigenvalue weighted by molar-refractivity contribution is 6.11. The second kappa shape index (κ2) is 8.14. The van der Waals surface area contributed by atoms with Gasteiger partial charge in [-0.3, -0.25) is 19.3 Å². The van der Waals surface area contributed by atoms with Crippen molar-refractivity contribution >= 4 is 45.9 Å². The summed E-state index contributed by atoms with van der Waals surface area (Å²) in [7, 11) is 0. The van der Waals surface area contributed by atoms with E-state index in [0.29, 0.717) is 16.9 Å². The SMILES string of the molecule is CC(=O)Nc1ccc(NC(=O)CN2C(=O)NC(C)(c3cccc4ccccc34)C2=O)cc1. The first-order chi connectivity index (χ1) is 15.3. The Morgan fingerprint density at radius 2 is 1.53 bits per heavy atom. The molecule has 8 heteroatoms. The smallest absolute Gasteiger partial charge is 0.325 e. The molecular weight excluding hydrogens is 408 g/mol. The zero-order valence-electron chi connectivity index (χ0n) is 17.6. The molecule has 4 rings (SSSR count). The molecule has 3 N–H and O–H groups in total. The molecule has 1 saturated heterocycles. The van der Waals surface area contributed by atoms with Crippen LogP contribution in [0.3, 0.4) is 0 Å². The minimum Gasteiger partial charge on any atom is -0.326 e. The highest BCUT2D eigenvalue weighted by Gasteiger charge is 2.50. The standard InChI is InChI=1S/C24H22N4O4/c1-15(29)25-17-10-12-18(13-11-17)26-21(30)14-28-22(31)24(2,27-23(28)32)20-9-5-7-16-6-3-4-8-19(16)20/h3-13H,14H2,1-2H3,(H,25,29)(H,26,30)(H,27,32). The van der Waals surface area contributed by atoms with E-state index in [0.717, 1.165) is 15.7 Å². The van der Waals surface area contributed by atoms with Crippen LogP contribution in [0.4, 0.5) is 16.2 Å². The third-order valence-corrected chi connectivity index (χ3v) is 5.39. The van der Waals surface area contributed by atoms with Crippen LogP contribution in [0.5, 0.6) is 0 Å². The summed E-state index contributed by atoms with van der Waals surface area (Å²) in [5.74, 6) is -1.20. The Kier molecular flexibility index (Phi) is 5.36. The third-order valence-electron chi connectivity index (χ3n) is 5.39. The Morgan fingerprint density at radius 3 is 2.22 bits per heavy atom. The minimum absolute atomic E-state index is 0.199. The van der Waals surface area contributed by atoms with Gasteiger partial charge in [0.1, 0.15) is 12.1 Å². The molecule has 0 spiro atoms. The van der Waals surface area contributed by atoms with Crippen molar-refractivity contribution in [2.45, 2.75) is 19.4 Å². The maximum atomic E-state index is 13.2. The number of benzene rings is 3. The number of imide groups is 1. The van der Waals surface area contributed by atoms with Crippen LogP contribution in [0.15, 0.2) is 66.7 Å². The number of carbonyl (C=O) groups excluding carboxylic acids is 4. The number of urea groups is 1. The van der Waals surface area contributed by atoms with Crippen molar-refractivity contribution in [2.24, 2.45) is 0 Å². The zero-order chi connectivity index (χ0) is 22.9. The maximum absolute atomic E-state index is 13.2. The molecule has 1 aliphatic rings. The van der Waals surface area contributed by atoms with Gasteiger partial charge in [-0.1, -0.05) is 42.5 Å². The van der Waals surface area contributed by atoms with Crippen LogP contribution in [0.2, 0.25) is 0 Å². The lowest BCUT2D eigenvalue weighted by Crippen LogP contribution is -2.42. The lowest BCUT2D eigenvalue weighted by atomic mass is 9.88. The van der Waals surface area contributed by atoms with Crippen LogP contribution in [0.1, 0.15) is 19.4 Å². The average molecular weight is 430 g/mol. The van der Waals surface area contributed by atoms with Gasteiger partial charge < -0.3 is 16.0 Å². The third kappa shape index (κ3) is 3.90. The Balaban J connectivity index is 1.50. The van der Waals surface area contributed by atoms with Crippen LogP contribution in [0.25, 0.3) is 10.8 Å². The van der Waals surface area contributed by atoms with Crippen LogP contribution in [0, 0.1) is 0 Å². The summed E-state index contributed by atoms with van der Waals surface area (Å²) in [6.07, 6.45) is 0. The molecule has 1 atom stereocenters. The van der Waals surface area contributed by atoms with Gasteiger partial charge in [0.15, 0.2) is 0 Å². The number of nitrogens with one attached hydrogen (secondary N) is 3. The lowest BCUT2D eigenvalue weighted by Gasteiger charge is -2.24. The van der Waals surface area contributed by atoms with Crippen molar-refractivity contribution in [1.82, 2.24) is 10.2 Å². The van der Waals surface area contributed by atoms with Crippen molar-refractivity contribution in [3.05, 3.63) is 72.3 Å². The Labute approximate surface area is 184 Å². The quantitative estimate of drug-likeness (QED) is 0.540. The highest BCUT2D eigenvalue weighted by atomic mass is 16.2. The molecule has 5 amide bonds. The number of hydrogen-bond acceptors (Lipinski definition) is 4. The fraction of sp³-hybridized carbons (Fsp3) is 0.167. The van der Waals surface area contributed by atoms with E-state index in [1.807, 2.05) is 36.4 Å². The average Bonchev–Trinajstić information content (AvgIpc) is 2.98. The Bertz CT molecular complexity index is 1230. The van der Waals surface area contributed by atoms with Gasteiger partial charge in [-0.15, -0.1) is 0 Å². The highest BCUT2D eigenvalue weighted by Crippen LogP contribution is 2.33. The molecule has 0 aliphatic carbocycles. The number of fused-ring (bicyclic) bond motifs is 1. The van der Waals surface area contributed by atoms with Crippen LogP contribution >= 0.6 is 0 Å². The summed E-state index contributed by atoms with van der Waals surface area (Å²) in [6.45, 7) is 2.63. The van der Waals surface area contributed by atoms with E-state index in [9.17, 15) is 19.2 Å². The van der Waals surface area contributed by atoms with Gasteiger partial charge >= 0.3 is 6.03 Å². The summed E-state index contributed by atoms with van der Waals surface area (Å²) in [6, 6.07) is 19.1. The topological polar surface area (TPSA) is 108 Å². The number of hydrogen-bond donors (Lipinski definition) is 3. The first-order valence-corrected chi connectivity index (χ1v) is 10.1. The van der Waals surface area contributed by atoms with Crippen molar-refractivity contribution in [1.29, 1.82) is 0 Å². The molecule has 8 nitrogen and oxygen atoms in total. The lowest BCUT2D eigenvalue weighted by molar-refractivity contribution is -0.133. The van der Waals surface area contributed by atoms with Crippen molar-refractivity contribution in [3.8, 4) is 0 Å². The molecule has 3 aromatic rings. The normalized spacial score (nSPS) is 17.9. The molecule has 1 heterocycles. The van der Waals surface area contributed by atoms with Gasteiger partial charge in [0.2, 0.25) is 11.8 Å². The van der Waals surface area contributed by atoms with Crippen LogP contribution in [-0.2, 0) is 19.9 Å². The summed E-state index contributed by atoms with van der Waals surface area (Å²) >= 11 is 0. The van der Waals surface area contributed by atoms with E-state index in [-0.39, 0.29) is 5.91 Å². The van der Waals surface area contributed by atoms with E-state index in [1.165, 1.54) is 6.92 Å². The molecule has 32 heavy (non-hydrogen) atoms. The molecule has 0 aromatic heterocycles. The minimum atomic E-state index is -1.28. The molecule has 162 valence electrons. The van der Waals surface area contributed by atoms with Gasteiger partial charge in [-0.2, -0.15) is 0 Å². The number of amides is 5. The van der Waals surface area contributed by atoms with Gasteiger partial charge in [0, 0.05) is 18.3 Å². The molecule has 1 unspecified atom stereocenters. The molecule has 0 saturated carbocycles. The molecule has 0 radical (unpaired) electrons. The van der Waals surface area contributed by atoms with Gasteiger partial charge in [0.05, 0.1) is 0 Å². The molecule has 1 aliphatic heterocycles. The van der Waals surface area contributed by atoms with Gasteiger partial charge in [-0.05, 0) is 47.5 Å².